The van der Waals surface area contributed by atoms with E-state index in [1.54, 1.807) is 20.8 Å². The summed E-state index contributed by atoms with van der Waals surface area (Å²) >= 11 is 0. The summed E-state index contributed by atoms with van der Waals surface area (Å²) in [5.41, 5.74) is 0. The lowest BCUT2D eigenvalue weighted by Gasteiger charge is -2.25. The molecule has 2 N–H and O–H groups in total. The fraction of sp³-hybridized carbons (Fsp3) is 0.444. The van der Waals surface area contributed by atoms with Crippen LogP contribution in [-0.4, -0.2) is 61.3 Å². The maximum absolute atomic E-state index is 14.1. The van der Waals surface area contributed by atoms with Crippen LogP contribution < -0.4 is 14.9 Å². The first kappa shape index (κ1) is 30.4. The fourth-order valence-corrected chi connectivity index (χ4v) is 5.25. The molecule has 0 saturated carbocycles. The molecule has 1 aliphatic heterocycles. The van der Waals surface area contributed by atoms with E-state index in [0.29, 0.717) is 18.6 Å². The Bertz CT molecular complexity index is 1180. The van der Waals surface area contributed by atoms with Gasteiger partial charge in [-0.3, -0.25) is 19.3 Å². The zero-order valence-corrected chi connectivity index (χ0v) is 23.5. The number of halogens is 1. The van der Waals surface area contributed by atoms with Crippen LogP contribution in [0.25, 0.3) is 10.8 Å². The molecule has 0 aromatic heterocycles. The Morgan fingerprint density at radius 3 is 2.62 bits per heavy atom. The Hall–Kier alpha value is -3.11. The standard InChI is InChI=1S/C27H35FN3O7P/c1-17(2)36-27(34)19(4)30-39(38-24-12-8-10-20-9-6-7-11-22(20)24)35-15-21-13-18(3)26(37-21)31(16-32)14-23(28)25(33)29-5/h6-12,14,16-19,21,26,30H,13,15H2,1-5H3,(H,29,33)/b23-14+. The molecule has 0 radical (unpaired) electrons. The van der Waals surface area contributed by atoms with Crippen LogP contribution in [-0.2, 0) is 28.4 Å². The fourth-order valence-electron chi connectivity index (χ4n) is 4.01. The van der Waals surface area contributed by atoms with Crippen LogP contribution in [0.1, 0.15) is 34.1 Å². The third kappa shape index (κ3) is 8.44. The van der Waals surface area contributed by atoms with Crippen LogP contribution in [0.15, 0.2) is 54.5 Å². The van der Waals surface area contributed by atoms with Crippen LogP contribution in [0.5, 0.6) is 5.75 Å². The van der Waals surface area contributed by atoms with Crippen molar-refractivity contribution in [2.75, 3.05) is 13.7 Å². The minimum absolute atomic E-state index is 0.0740. The van der Waals surface area contributed by atoms with E-state index in [-0.39, 0.29) is 18.6 Å². The van der Waals surface area contributed by atoms with Gasteiger partial charge in [0.05, 0.1) is 25.0 Å². The number of nitrogens with one attached hydrogen (secondary N) is 2. The van der Waals surface area contributed by atoms with Gasteiger partial charge in [0.25, 0.3) is 5.91 Å². The number of likely N-dealkylation sites (N-methyl/N-ethyl adjacent to an activating group) is 1. The monoisotopic (exact) mass is 563 g/mol. The van der Waals surface area contributed by atoms with Crippen LogP contribution in [0.3, 0.4) is 0 Å². The van der Waals surface area contributed by atoms with Gasteiger partial charge in [-0.05, 0) is 38.6 Å². The Kier molecular flexibility index (Phi) is 11.2. The molecule has 1 heterocycles. The number of esters is 1. The van der Waals surface area contributed by atoms with Crippen molar-refractivity contribution in [3.05, 3.63) is 54.5 Å². The number of carbonyl (C=O) groups is 3. The lowest BCUT2D eigenvalue weighted by Crippen LogP contribution is -2.36. The predicted molar refractivity (Wildman–Crippen MR) is 145 cm³/mol. The molecule has 5 unspecified atom stereocenters. The molecule has 1 fully saturated rings. The van der Waals surface area contributed by atoms with Gasteiger partial charge in [0, 0.05) is 18.4 Å². The van der Waals surface area contributed by atoms with Crippen molar-refractivity contribution in [3.8, 4) is 5.75 Å². The third-order valence-corrected chi connectivity index (χ3v) is 7.23. The van der Waals surface area contributed by atoms with Crippen molar-refractivity contribution >= 4 is 37.6 Å². The summed E-state index contributed by atoms with van der Waals surface area (Å²) in [5, 5.41) is 7.11. The molecule has 212 valence electrons. The number of amides is 2. The molecular formula is C27H35FN3O7P. The molecule has 0 bridgehead atoms. The third-order valence-electron chi connectivity index (χ3n) is 5.89. The van der Waals surface area contributed by atoms with E-state index in [0.717, 1.165) is 21.9 Å². The van der Waals surface area contributed by atoms with E-state index < -0.39 is 44.6 Å². The Labute approximate surface area is 228 Å². The number of rotatable bonds is 13. The number of carbonyl (C=O) groups excluding carboxylic acids is 3. The second-order valence-electron chi connectivity index (χ2n) is 9.43. The number of hydrogen-bond donors (Lipinski definition) is 2. The summed E-state index contributed by atoms with van der Waals surface area (Å²) in [7, 11) is -0.544. The summed E-state index contributed by atoms with van der Waals surface area (Å²) < 4.78 is 37.7. The number of ether oxygens (including phenoxy) is 2. The quantitative estimate of drug-likeness (QED) is 0.162. The maximum atomic E-state index is 14.1. The zero-order chi connectivity index (χ0) is 28.5. The first-order valence-electron chi connectivity index (χ1n) is 12.7. The highest BCUT2D eigenvalue weighted by Gasteiger charge is 2.37. The van der Waals surface area contributed by atoms with Crippen LogP contribution in [0, 0.1) is 5.92 Å². The average Bonchev–Trinajstić information content (AvgIpc) is 3.29. The van der Waals surface area contributed by atoms with E-state index in [1.165, 1.54) is 7.05 Å². The van der Waals surface area contributed by atoms with Crippen molar-refractivity contribution < 1.29 is 37.3 Å². The number of nitrogens with zero attached hydrogens (tertiary/aromatic N) is 1. The lowest BCUT2D eigenvalue weighted by molar-refractivity contribution is -0.149. The molecule has 10 nitrogen and oxygen atoms in total. The lowest BCUT2D eigenvalue weighted by atomic mass is 10.1. The van der Waals surface area contributed by atoms with E-state index in [2.05, 4.69) is 10.4 Å². The molecule has 1 saturated heterocycles. The number of benzene rings is 2. The van der Waals surface area contributed by atoms with Gasteiger partial charge in [-0.1, -0.05) is 43.3 Å². The summed E-state index contributed by atoms with van der Waals surface area (Å²) in [6, 6.07) is 12.7. The summed E-state index contributed by atoms with van der Waals surface area (Å²) in [5.74, 6) is -2.09. The Balaban J connectivity index is 1.72. The minimum Gasteiger partial charge on any atom is -0.462 e. The van der Waals surface area contributed by atoms with Crippen molar-refractivity contribution in [2.24, 2.45) is 5.92 Å². The normalized spacial score (nSPS) is 20.9. The van der Waals surface area contributed by atoms with Crippen LogP contribution >= 0.6 is 8.53 Å². The minimum atomic E-state index is -1.83. The molecule has 5 atom stereocenters. The average molecular weight is 564 g/mol. The van der Waals surface area contributed by atoms with Crippen molar-refractivity contribution in [2.45, 2.75) is 58.6 Å². The molecule has 2 aromatic rings. The van der Waals surface area contributed by atoms with Gasteiger partial charge in [-0.25, -0.2) is 5.09 Å². The number of fused-ring (bicyclic) bond motifs is 1. The van der Waals surface area contributed by atoms with Crippen molar-refractivity contribution in [3.63, 3.8) is 0 Å². The Morgan fingerprint density at radius 1 is 1.21 bits per heavy atom. The van der Waals surface area contributed by atoms with Crippen molar-refractivity contribution in [1.82, 2.24) is 15.3 Å². The molecule has 12 heteroatoms. The summed E-state index contributed by atoms with van der Waals surface area (Å²) in [4.78, 5) is 36.6. The largest absolute Gasteiger partial charge is 0.462 e. The van der Waals surface area contributed by atoms with Gasteiger partial charge in [-0.2, -0.15) is 4.39 Å². The van der Waals surface area contributed by atoms with Gasteiger partial charge < -0.3 is 23.8 Å². The molecular weight excluding hydrogens is 528 g/mol. The highest BCUT2D eigenvalue weighted by molar-refractivity contribution is 7.45. The molecule has 1 aliphatic rings. The van der Waals surface area contributed by atoms with Gasteiger partial charge in [0.15, 0.2) is 0 Å². The zero-order valence-electron chi connectivity index (χ0n) is 22.6. The van der Waals surface area contributed by atoms with Crippen molar-refractivity contribution in [1.29, 1.82) is 0 Å². The van der Waals surface area contributed by atoms with Gasteiger partial charge >= 0.3 is 14.5 Å². The second-order valence-corrected chi connectivity index (χ2v) is 10.6. The molecule has 0 aliphatic carbocycles. The molecule has 39 heavy (non-hydrogen) atoms. The van der Waals surface area contributed by atoms with Crippen LogP contribution in [0.2, 0.25) is 0 Å². The van der Waals surface area contributed by atoms with E-state index in [1.807, 2.05) is 49.4 Å². The smallest absolute Gasteiger partial charge is 0.323 e. The van der Waals surface area contributed by atoms with Crippen LogP contribution in [0.4, 0.5) is 4.39 Å². The molecule has 2 amide bonds. The summed E-state index contributed by atoms with van der Waals surface area (Å²) in [6.07, 6.45) is 0.214. The SMILES string of the molecule is CNC(=O)/C(F)=C\N(C=O)C1OC(COP(NC(C)C(=O)OC(C)C)Oc2cccc3ccccc23)CC1C. The second kappa shape index (κ2) is 14.3. The topological polar surface area (TPSA) is 115 Å². The first-order chi connectivity index (χ1) is 18.6. The first-order valence-corrected chi connectivity index (χ1v) is 13.8. The number of hydrogen-bond acceptors (Lipinski definition) is 8. The molecule has 0 spiro atoms. The maximum Gasteiger partial charge on any atom is 0.323 e. The van der Waals surface area contributed by atoms with Gasteiger partial charge in [0.2, 0.25) is 12.2 Å². The van der Waals surface area contributed by atoms with E-state index in [9.17, 15) is 18.8 Å². The van der Waals surface area contributed by atoms with E-state index in [4.69, 9.17) is 18.5 Å². The van der Waals surface area contributed by atoms with Gasteiger partial charge in [-0.15, -0.1) is 0 Å². The predicted octanol–water partition coefficient (Wildman–Crippen LogP) is 4.16. The van der Waals surface area contributed by atoms with E-state index >= 15 is 0 Å². The summed E-state index contributed by atoms with van der Waals surface area (Å²) in [6.45, 7) is 7.12. The highest BCUT2D eigenvalue weighted by atomic mass is 31.2. The van der Waals surface area contributed by atoms with Gasteiger partial charge in [0.1, 0.15) is 18.0 Å². The highest BCUT2D eigenvalue weighted by Crippen LogP contribution is 2.41. The molecule has 3 rings (SSSR count). The molecule has 2 aromatic carbocycles. The Morgan fingerprint density at radius 2 is 1.92 bits per heavy atom.